The number of hydrogen-bond acceptors (Lipinski definition) is 11. The van der Waals surface area contributed by atoms with Crippen molar-refractivity contribution < 1.29 is 28.5 Å². The first-order valence-corrected chi connectivity index (χ1v) is 15.6. The number of anilines is 2. The molecule has 3 aliphatic heterocycles. The van der Waals surface area contributed by atoms with Gasteiger partial charge in [0, 0.05) is 30.3 Å². The number of nitrogens with one attached hydrogen (secondary N) is 1. The lowest BCUT2D eigenvalue weighted by atomic mass is 9.89. The first-order valence-electron chi connectivity index (χ1n) is 15.6. The number of benzene rings is 1. The number of aliphatic hydroxyl groups is 1. The summed E-state index contributed by atoms with van der Waals surface area (Å²) in [6.07, 6.45) is 0.466. The Balaban J connectivity index is 1.11. The van der Waals surface area contributed by atoms with Crippen LogP contribution in [0.15, 0.2) is 42.6 Å². The minimum absolute atomic E-state index is 0.176. The second-order valence-electron chi connectivity index (χ2n) is 11.9. The van der Waals surface area contributed by atoms with Crippen molar-refractivity contribution in [3.8, 4) is 29.0 Å². The third-order valence-electron chi connectivity index (χ3n) is 8.91. The van der Waals surface area contributed by atoms with E-state index in [0.29, 0.717) is 40.9 Å². The van der Waals surface area contributed by atoms with Gasteiger partial charge < -0.3 is 29.5 Å². The highest BCUT2D eigenvalue weighted by Crippen LogP contribution is 2.35. The van der Waals surface area contributed by atoms with Gasteiger partial charge in [0.05, 0.1) is 44.2 Å². The van der Waals surface area contributed by atoms with E-state index in [9.17, 15) is 19.6 Å². The molecule has 3 aliphatic rings. The van der Waals surface area contributed by atoms with Gasteiger partial charge in [0.15, 0.2) is 6.17 Å². The van der Waals surface area contributed by atoms with Crippen LogP contribution in [0.5, 0.6) is 11.6 Å². The van der Waals surface area contributed by atoms with Crippen LogP contribution in [0.1, 0.15) is 43.2 Å². The average molecular weight is 632 g/mol. The largest absolute Gasteiger partial charge is 0.486 e. The van der Waals surface area contributed by atoms with Crippen LogP contribution in [-0.4, -0.2) is 107 Å². The number of pyridine rings is 1. The number of nitrogens with zero attached hydrogens (tertiary/aromatic N) is 6. The number of piperidine rings is 2. The third kappa shape index (κ3) is 6.89. The maximum absolute atomic E-state index is 14.9. The number of nitriles is 1. The van der Waals surface area contributed by atoms with Crippen LogP contribution in [0, 0.1) is 11.3 Å². The lowest BCUT2D eigenvalue weighted by Gasteiger charge is -2.41. The van der Waals surface area contributed by atoms with Gasteiger partial charge >= 0.3 is 0 Å². The van der Waals surface area contributed by atoms with Crippen LogP contribution in [0.25, 0.3) is 11.3 Å². The Morgan fingerprint density at radius 1 is 1.15 bits per heavy atom. The third-order valence-corrected chi connectivity index (χ3v) is 8.91. The van der Waals surface area contributed by atoms with Crippen LogP contribution < -0.4 is 14.8 Å². The fraction of sp³-hybridized carbons (Fsp3) is 0.485. The summed E-state index contributed by atoms with van der Waals surface area (Å²) in [6.45, 7) is 5.16. The molecule has 1 aromatic carbocycles. The normalized spacial score (nSPS) is 21.6. The van der Waals surface area contributed by atoms with Gasteiger partial charge in [0.25, 0.3) is 5.91 Å². The fourth-order valence-electron chi connectivity index (χ4n) is 6.22. The number of carbonyl (C=O) groups excluding carboxylic acids is 1. The molecule has 3 atom stereocenters. The Kier molecular flexibility index (Phi) is 9.58. The van der Waals surface area contributed by atoms with E-state index in [4.69, 9.17) is 19.2 Å². The molecule has 0 unspecified atom stereocenters. The standard InChI is InChI=1S/C33H38FN7O5/c1-20(42)32(43)41-14-10-29(26(34)17-41)46-28-5-3-22(15-23(28)16-35)27-7-11-36-33(37-27)39-30-6-4-25(31(38-30)44-2)21-8-12-40(13-9-21)24-18-45-19-24/h3-7,11,15,20-21,24,26,29,42H,8-10,12-14,17-19H2,1-2H3,(H,36,37,38,39)/t20-,26+,29-/m1/s1. The first kappa shape index (κ1) is 31.6. The van der Waals surface area contributed by atoms with Crippen molar-refractivity contribution in [2.45, 2.75) is 56.5 Å². The lowest BCUT2D eigenvalue weighted by Crippen LogP contribution is -2.51. The van der Waals surface area contributed by atoms with Gasteiger partial charge in [-0.3, -0.25) is 9.69 Å². The Morgan fingerprint density at radius 3 is 2.63 bits per heavy atom. The van der Waals surface area contributed by atoms with E-state index < -0.39 is 24.3 Å². The molecule has 2 aromatic heterocycles. The van der Waals surface area contributed by atoms with Crippen LogP contribution in [0.2, 0.25) is 0 Å². The van der Waals surface area contributed by atoms with Gasteiger partial charge in [0.2, 0.25) is 11.8 Å². The predicted octanol–water partition coefficient (Wildman–Crippen LogP) is 3.44. The smallest absolute Gasteiger partial charge is 0.251 e. The molecule has 0 bridgehead atoms. The molecular formula is C33H38FN7O5. The summed E-state index contributed by atoms with van der Waals surface area (Å²) in [5.74, 6) is 1.56. The number of halogens is 1. The molecule has 46 heavy (non-hydrogen) atoms. The van der Waals surface area contributed by atoms with Crippen molar-refractivity contribution in [1.29, 1.82) is 5.26 Å². The van der Waals surface area contributed by atoms with Crippen LogP contribution in [-0.2, 0) is 9.53 Å². The molecule has 0 spiro atoms. The highest BCUT2D eigenvalue weighted by Gasteiger charge is 2.35. The second-order valence-corrected chi connectivity index (χ2v) is 11.9. The van der Waals surface area contributed by atoms with Gasteiger partial charge in [-0.25, -0.2) is 14.4 Å². The molecule has 2 N–H and O–H groups in total. The molecule has 242 valence electrons. The van der Waals surface area contributed by atoms with Crippen molar-refractivity contribution >= 4 is 17.7 Å². The molecular weight excluding hydrogens is 593 g/mol. The minimum Gasteiger partial charge on any atom is -0.486 e. The van der Waals surface area contributed by atoms with Gasteiger partial charge in [-0.2, -0.15) is 10.2 Å². The fourth-order valence-corrected chi connectivity index (χ4v) is 6.22. The summed E-state index contributed by atoms with van der Waals surface area (Å²) in [7, 11) is 1.63. The number of carbonyl (C=O) groups is 1. The Hall–Kier alpha value is -4.38. The molecule has 12 nitrogen and oxygen atoms in total. The number of methoxy groups -OCH3 is 1. The quantitative estimate of drug-likeness (QED) is 0.358. The molecule has 13 heteroatoms. The monoisotopic (exact) mass is 631 g/mol. The maximum atomic E-state index is 14.9. The van der Waals surface area contributed by atoms with E-state index in [1.807, 2.05) is 6.07 Å². The van der Waals surface area contributed by atoms with Crippen LogP contribution >= 0.6 is 0 Å². The maximum Gasteiger partial charge on any atom is 0.251 e. The molecule has 5 heterocycles. The Morgan fingerprint density at radius 2 is 1.96 bits per heavy atom. The summed E-state index contributed by atoms with van der Waals surface area (Å²) in [4.78, 5) is 29.5. The van der Waals surface area contributed by atoms with Crippen molar-refractivity contribution in [3.63, 3.8) is 0 Å². The van der Waals surface area contributed by atoms with Gasteiger partial charge in [-0.05, 0) is 75.2 Å². The van der Waals surface area contributed by atoms with Crippen LogP contribution in [0.4, 0.5) is 16.2 Å². The zero-order chi connectivity index (χ0) is 32.2. The highest BCUT2D eigenvalue weighted by molar-refractivity contribution is 5.80. The molecule has 3 saturated heterocycles. The van der Waals surface area contributed by atoms with Gasteiger partial charge in [-0.15, -0.1) is 0 Å². The van der Waals surface area contributed by atoms with Crippen molar-refractivity contribution in [2.75, 3.05) is 51.8 Å². The lowest BCUT2D eigenvalue weighted by molar-refractivity contribution is -0.143. The van der Waals surface area contributed by atoms with E-state index in [0.717, 1.165) is 44.7 Å². The number of ether oxygens (including phenoxy) is 3. The number of likely N-dealkylation sites (tertiary alicyclic amines) is 2. The van der Waals surface area contributed by atoms with E-state index >= 15 is 0 Å². The van der Waals surface area contributed by atoms with Crippen LogP contribution in [0.3, 0.4) is 0 Å². The number of aliphatic hydroxyl groups excluding tert-OH is 1. The Bertz CT molecular complexity index is 1590. The number of alkyl halides is 1. The summed E-state index contributed by atoms with van der Waals surface area (Å²) in [5, 5.41) is 22.6. The van der Waals surface area contributed by atoms with E-state index in [1.54, 1.807) is 37.6 Å². The topological polar surface area (TPSA) is 146 Å². The molecule has 0 aliphatic carbocycles. The highest BCUT2D eigenvalue weighted by atomic mass is 19.1. The van der Waals surface area contributed by atoms with Crippen molar-refractivity contribution in [1.82, 2.24) is 24.8 Å². The molecule has 3 fully saturated rings. The summed E-state index contributed by atoms with van der Waals surface area (Å²) >= 11 is 0. The van der Waals surface area contributed by atoms with E-state index in [-0.39, 0.29) is 30.8 Å². The zero-order valence-corrected chi connectivity index (χ0v) is 25.9. The molecule has 6 rings (SSSR count). The zero-order valence-electron chi connectivity index (χ0n) is 25.9. The molecule has 1 amide bonds. The molecule has 0 radical (unpaired) electrons. The summed E-state index contributed by atoms with van der Waals surface area (Å²) in [5.41, 5.74) is 2.55. The number of aromatic nitrogens is 3. The number of amides is 1. The van der Waals surface area contributed by atoms with Crippen molar-refractivity contribution in [2.24, 2.45) is 0 Å². The summed E-state index contributed by atoms with van der Waals surface area (Å²) in [6, 6.07) is 13.4. The predicted molar refractivity (Wildman–Crippen MR) is 167 cm³/mol. The SMILES string of the molecule is COc1nc(Nc2nccc(-c3ccc(O[C@@H]4CCN(C(=O)[C@@H](C)O)C[C@@H]4F)c(C#N)c3)n2)ccc1C1CCN(C2COC2)CC1. The first-order chi connectivity index (χ1) is 22.3. The van der Waals surface area contributed by atoms with Crippen molar-refractivity contribution in [3.05, 3.63) is 53.7 Å². The summed E-state index contributed by atoms with van der Waals surface area (Å²) < 4.78 is 31.8. The molecule has 3 aromatic rings. The second kappa shape index (κ2) is 13.9. The Labute approximate surface area is 267 Å². The number of rotatable bonds is 9. The molecule has 0 saturated carbocycles. The van der Waals surface area contributed by atoms with Gasteiger partial charge in [-0.1, -0.05) is 0 Å². The number of hydrogen-bond donors (Lipinski definition) is 2. The average Bonchev–Trinajstić information content (AvgIpc) is 3.05. The van der Waals surface area contributed by atoms with E-state index in [2.05, 4.69) is 32.3 Å². The minimum atomic E-state index is -1.46. The van der Waals surface area contributed by atoms with Gasteiger partial charge in [0.1, 0.15) is 29.8 Å². The van der Waals surface area contributed by atoms with E-state index in [1.165, 1.54) is 11.8 Å².